The second kappa shape index (κ2) is 7.04. The lowest BCUT2D eigenvalue weighted by Crippen LogP contribution is -2.32. The zero-order valence-electron chi connectivity index (χ0n) is 9.90. The first kappa shape index (κ1) is 15.6. The minimum atomic E-state index is -0.564. The van der Waals surface area contributed by atoms with Crippen molar-refractivity contribution in [3.05, 3.63) is 29.8 Å². The maximum Gasteiger partial charge on any atom is 0.240 e. The molecule has 0 aliphatic rings. The second-order valence-corrected chi connectivity index (χ2v) is 3.64. The van der Waals surface area contributed by atoms with Crippen LogP contribution in [0.15, 0.2) is 24.3 Å². The van der Waals surface area contributed by atoms with Gasteiger partial charge in [-0.25, -0.2) is 0 Å². The first-order valence-corrected chi connectivity index (χ1v) is 5.24. The Morgan fingerprint density at radius 2 is 2.06 bits per heavy atom. The van der Waals surface area contributed by atoms with Crippen LogP contribution in [0.2, 0.25) is 0 Å². The summed E-state index contributed by atoms with van der Waals surface area (Å²) in [6.07, 6.45) is 0.449. The predicted octanol–water partition coefficient (Wildman–Crippen LogP) is 1.99. The highest BCUT2D eigenvalue weighted by molar-refractivity contribution is 5.99. The number of Topliss-reactive ketones (excluding diaryl/α,β-unsaturated/α-hetero) is 1. The van der Waals surface area contributed by atoms with Crippen LogP contribution in [0.25, 0.3) is 0 Å². The van der Waals surface area contributed by atoms with Gasteiger partial charge in [0.1, 0.15) is 0 Å². The number of ketones is 1. The van der Waals surface area contributed by atoms with E-state index in [1.54, 1.807) is 38.1 Å². The lowest BCUT2D eigenvalue weighted by Gasteiger charge is -2.08. The molecule has 0 bridgehead atoms. The largest absolute Gasteiger partial charge is 0.325 e. The molecule has 0 saturated heterocycles. The molecule has 5 heteroatoms. The van der Waals surface area contributed by atoms with E-state index in [1.807, 2.05) is 0 Å². The van der Waals surface area contributed by atoms with E-state index in [0.717, 1.165) is 0 Å². The number of amides is 1. The minimum absolute atomic E-state index is 0. The Morgan fingerprint density at radius 3 is 2.59 bits per heavy atom. The second-order valence-electron chi connectivity index (χ2n) is 3.64. The third-order valence-corrected chi connectivity index (χ3v) is 2.19. The summed E-state index contributed by atoms with van der Waals surface area (Å²) in [5, 5.41) is 2.64. The maximum atomic E-state index is 11.4. The fourth-order valence-corrected chi connectivity index (χ4v) is 1.23. The maximum absolute atomic E-state index is 11.4. The van der Waals surface area contributed by atoms with Gasteiger partial charge in [0.15, 0.2) is 5.78 Å². The predicted molar refractivity (Wildman–Crippen MR) is 70.6 cm³/mol. The molecule has 0 spiro atoms. The normalized spacial score (nSPS) is 11.2. The van der Waals surface area contributed by atoms with Crippen LogP contribution in [0.3, 0.4) is 0 Å². The zero-order valence-corrected chi connectivity index (χ0v) is 10.7. The number of benzene rings is 1. The summed E-state index contributed by atoms with van der Waals surface area (Å²) in [5.41, 5.74) is 6.63. The molecule has 0 saturated carbocycles. The molecule has 4 nitrogen and oxygen atoms in total. The quantitative estimate of drug-likeness (QED) is 0.810. The molecular weight excluding hydrogens is 240 g/mol. The molecule has 1 aromatic carbocycles. The van der Waals surface area contributed by atoms with Gasteiger partial charge in [-0.05, 0) is 19.1 Å². The zero-order chi connectivity index (χ0) is 12.1. The number of rotatable bonds is 4. The van der Waals surface area contributed by atoms with Gasteiger partial charge in [-0.3, -0.25) is 9.59 Å². The molecule has 17 heavy (non-hydrogen) atoms. The van der Waals surface area contributed by atoms with Gasteiger partial charge in [0.25, 0.3) is 0 Å². The molecule has 0 aliphatic heterocycles. The lowest BCUT2D eigenvalue weighted by molar-refractivity contribution is -0.117. The summed E-state index contributed by atoms with van der Waals surface area (Å²) in [6.45, 7) is 3.41. The number of nitrogens with two attached hydrogens (primary N) is 1. The Balaban J connectivity index is 0.00000256. The SMILES string of the molecule is CCC(=O)c1cccc(NC(=O)C(C)N)c1.Cl. The number of hydrogen-bond donors (Lipinski definition) is 2. The van der Waals surface area contributed by atoms with Crippen molar-refractivity contribution >= 4 is 29.8 Å². The Bertz CT molecular complexity index is 405. The third-order valence-electron chi connectivity index (χ3n) is 2.19. The van der Waals surface area contributed by atoms with E-state index in [1.165, 1.54) is 0 Å². The van der Waals surface area contributed by atoms with Crippen molar-refractivity contribution in [2.75, 3.05) is 5.32 Å². The number of halogens is 1. The van der Waals surface area contributed by atoms with Gasteiger partial charge in [-0.15, -0.1) is 12.4 Å². The van der Waals surface area contributed by atoms with Gasteiger partial charge in [-0.1, -0.05) is 19.1 Å². The van der Waals surface area contributed by atoms with Gasteiger partial charge in [0, 0.05) is 17.7 Å². The minimum Gasteiger partial charge on any atom is -0.325 e. The van der Waals surface area contributed by atoms with Gasteiger partial charge >= 0.3 is 0 Å². The molecular formula is C12H17ClN2O2. The van der Waals surface area contributed by atoms with Crippen molar-refractivity contribution in [1.29, 1.82) is 0 Å². The average molecular weight is 257 g/mol. The molecule has 0 aliphatic carbocycles. The third kappa shape index (κ3) is 4.54. The highest BCUT2D eigenvalue weighted by Gasteiger charge is 2.09. The highest BCUT2D eigenvalue weighted by atomic mass is 35.5. The van der Waals surface area contributed by atoms with E-state index in [9.17, 15) is 9.59 Å². The molecule has 94 valence electrons. The van der Waals surface area contributed by atoms with E-state index >= 15 is 0 Å². The molecule has 1 atom stereocenters. The van der Waals surface area contributed by atoms with E-state index in [-0.39, 0.29) is 24.1 Å². The van der Waals surface area contributed by atoms with Crippen molar-refractivity contribution in [3.63, 3.8) is 0 Å². The molecule has 0 radical (unpaired) electrons. The fourth-order valence-electron chi connectivity index (χ4n) is 1.23. The fraction of sp³-hybridized carbons (Fsp3) is 0.333. The molecule has 1 aromatic rings. The van der Waals surface area contributed by atoms with E-state index in [4.69, 9.17) is 5.73 Å². The van der Waals surface area contributed by atoms with Crippen LogP contribution in [-0.2, 0) is 4.79 Å². The Kier molecular flexibility index (Phi) is 6.46. The number of nitrogens with one attached hydrogen (secondary N) is 1. The van der Waals surface area contributed by atoms with Crippen molar-refractivity contribution in [2.45, 2.75) is 26.3 Å². The number of anilines is 1. The summed E-state index contributed by atoms with van der Waals surface area (Å²) in [7, 11) is 0. The highest BCUT2D eigenvalue weighted by Crippen LogP contribution is 2.12. The van der Waals surface area contributed by atoms with Gasteiger partial charge < -0.3 is 11.1 Å². The monoisotopic (exact) mass is 256 g/mol. The van der Waals surface area contributed by atoms with Gasteiger partial charge in [-0.2, -0.15) is 0 Å². The first-order chi connectivity index (χ1) is 7.54. The van der Waals surface area contributed by atoms with Crippen LogP contribution in [0, 0.1) is 0 Å². The number of carbonyl (C=O) groups excluding carboxylic acids is 2. The van der Waals surface area contributed by atoms with Crippen molar-refractivity contribution in [1.82, 2.24) is 0 Å². The topological polar surface area (TPSA) is 72.2 Å². The molecule has 0 heterocycles. The molecule has 0 aromatic heterocycles. The Labute approximate surface area is 107 Å². The molecule has 3 N–H and O–H groups in total. The van der Waals surface area contributed by atoms with Gasteiger partial charge in [0.05, 0.1) is 6.04 Å². The van der Waals surface area contributed by atoms with E-state index in [2.05, 4.69) is 5.32 Å². The smallest absolute Gasteiger partial charge is 0.240 e. The van der Waals surface area contributed by atoms with Crippen LogP contribution in [0.1, 0.15) is 30.6 Å². The average Bonchev–Trinajstić information content (AvgIpc) is 2.28. The van der Waals surface area contributed by atoms with Crippen LogP contribution < -0.4 is 11.1 Å². The molecule has 1 amide bonds. The Morgan fingerprint density at radius 1 is 1.41 bits per heavy atom. The van der Waals surface area contributed by atoms with Gasteiger partial charge in [0.2, 0.25) is 5.91 Å². The van der Waals surface area contributed by atoms with Crippen molar-refractivity contribution in [3.8, 4) is 0 Å². The summed E-state index contributed by atoms with van der Waals surface area (Å²) in [5.74, 6) is -0.210. The van der Waals surface area contributed by atoms with Crippen LogP contribution >= 0.6 is 12.4 Å². The van der Waals surface area contributed by atoms with Crippen LogP contribution in [0.5, 0.6) is 0 Å². The van der Waals surface area contributed by atoms with E-state index < -0.39 is 6.04 Å². The summed E-state index contributed by atoms with van der Waals surface area (Å²) >= 11 is 0. The number of carbonyl (C=O) groups is 2. The van der Waals surface area contributed by atoms with Crippen LogP contribution in [0.4, 0.5) is 5.69 Å². The number of hydrogen-bond acceptors (Lipinski definition) is 3. The standard InChI is InChI=1S/C12H16N2O2.ClH/c1-3-11(15)9-5-4-6-10(7-9)14-12(16)8(2)13;/h4-8H,3,13H2,1-2H3,(H,14,16);1H. The lowest BCUT2D eigenvalue weighted by atomic mass is 10.1. The van der Waals surface area contributed by atoms with Crippen molar-refractivity contribution in [2.24, 2.45) is 5.73 Å². The molecule has 0 fully saturated rings. The summed E-state index contributed by atoms with van der Waals surface area (Å²) in [6, 6.07) is 6.29. The molecule has 1 rings (SSSR count). The first-order valence-electron chi connectivity index (χ1n) is 5.24. The Hall–Kier alpha value is -1.39. The summed E-state index contributed by atoms with van der Waals surface area (Å²) in [4.78, 5) is 22.8. The van der Waals surface area contributed by atoms with E-state index in [0.29, 0.717) is 17.7 Å². The molecule has 1 unspecified atom stereocenters. The van der Waals surface area contributed by atoms with Crippen LogP contribution in [-0.4, -0.2) is 17.7 Å². The van der Waals surface area contributed by atoms with Crippen molar-refractivity contribution < 1.29 is 9.59 Å². The summed E-state index contributed by atoms with van der Waals surface area (Å²) < 4.78 is 0.